The standard InChI is InChI=1S/C14H20O4/c1-16-13-2-3-14(12(8-13)9-15)18-10-11-4-6-17-7-5-11/h2-3,8,11,15H,4-7,9-10H2,1H3. The lowest BCUT2D eigenvalue weighted by Crippen LogP contribution is -2.21. The minimum atomic E-state index is -0.0414. The van der Waals surface area contributed by atoms with Gasteiger partial charge in [0, 0.05) is 18.8 Å². The van der Waals surface area contributed by atoms with Crippen molar-refractivity contribution in [3.8, 4) is 11.5 Å². The summed E-state index contributed by atoms with van der Waals surface area (Å²) in [6.45, 7) is 2.29. The summed E-state index contributed by atoms with van der Waals surface area (Å²) in [5.74, 6) is 2.02. The monoisotopic (exact) mass is 252 g/mol. The predicted octanol–water partition coefficient (Wildman–Crippen LogP) is 1.99. The molecule has 4 heteroatoms. The average Bonchev–Trinajstić information content (AvgIpc) is 2.46. The zero-order valence-corrected chi connectivity index (χ0v) is 10.7. The van der Waals surface area contributed by atoms with E-state index in [1.807, 2.05) is 12.1 Å². The second kappa shape index (κ2) is 6.61. The number of methoxy groups -OCH3 is 1. The van der Waals surface area contributed by atoms with E-state index in [4.69, 9.17) is 14.2 Å². The van der Waals surface area contributed by atoms with Crippen LogP contribution in [0.3, 0.4) is 0 Å². The smallest absolute Gasteiger partial charge is 0.125 e. The van der Waals surface area contributed by atoms with Crippen molar-refractivity contribution in [3.05, 3.63) is 23.8 Å². The van der Waals surface area contributed by atoms with Crippen LogP contribution in [-0.4, -0.2) is 32.0 Å². The maximum absolute atomic E-state index is 9.32. The summed E-state index contributed by atoms with van der Waals surface area (Å²) in [5, 5.41) is 9.32. The van der Waals surface area contributed by atoms with Gasteiger partial charge in [0.25, 0.3) is 0 Å². The normalized spacial score (nSPS) is 16.6. The summed E-state index contributed by atoms with van der Waals surface area (Å²) in [6.07, 6.45) is 2.09. The van der Waals surface area contributed by atoms with Gasteiger partial charge in [0.1, 0.15) is 11.5 Å². The molecule has 1 aromatic rings. The fourth-order valence-corrected chi connectivity index (χ4v) is 2.07. The zero-order chi connectivity index (χ0) is 12.8. The van der Waals surface area contributed by atoms with Crippen molar-refractivity contribution >= 4 is 0 Å². The molecule has 1 aliphatic rings. The van der Waals surface area contributed by atoms with Crippen LogP contribution in [0, 0.1) is 5.92 Å². The summed E-state index contributed by atoms with van der Waals surface area (Å²) in [4.78, 5) is 0. The molecule has 1 heterocycles. The van der Waals surface area contributed by atoms with E-state index in [-0.39, 0.29) is 6.61 Å². The molecule has 0 radical (unpaired) electrons. The second-order valence-corrected chi connectivity index (χ2v) is 4.50. The Kier molecular flexibility index (Phi) is 4.84. The van der Waals surface area contributed by atoms with Gasteiger partial charge < -0.3 is 19.3 Å². The molecule has 1 fully saturated rings. The molecular weight excluding hydrogens is 232 g/mol. The molecule has 4 nitrogen and oxygen atoms in total. The highest BCUT2D eigenvalue weighted by molar-refractivity contribution is 5.39. The lowest BCUT2D eigenvalue weighted by Gasteiger charge is -2.22. The summed E-state index contributed by atoms with van der Waals surface area (Å²) in [7, 11) is 1.61. The zero-order valence-electron chi connectivity index (χ0n) is 10.7. The first kappa shape index (κ1) is 13.2. The average molecular weight is 252 g/mol. The van der Waals surface area contributed by atoms with Gasteiger partial charge in [-0.05, 0) is 37.0 Å². The molecule has 1 aliphatic heterocycles. The summed E-state index contributed by atoms with van der Waals surface area (Å²) in [6, 6.07) is 5.50. The molecule has 0 unspecified atom stereocenters. The Morgan fingerprint density at radius 2 is 2.11 bits per heavy atom. The molecule has 100 valence electrons. The minimum absolute atomic E-state index is 0.0414. The fraction of sp³-hybridized carbons (Fsp3) is 0.571. The van der Waals surface area contributed by atoms with E-state index in [0.717, 1.165) is 43.1 Å². The van der Waals surface area contributed by atoms with Crippen molar-refractivity contribution in [3.63, 3.8) is 0 Å². The molecule has 0 aliphatic carbocycles. The number of aliphatic hydroxyl groups excluding tert-OH is 1. The molecule has 1 saturated heterocycles. The Labute approximate surface area is 107 Å². The van der Waals surface area contributed by atoms with E-state index in [9.17, 15) is 5.11 Å². The molecule has 0 atom stereocenters. The quantitative estimate of drug-likeness (QED) is 0.870. The van der Waals surface area contributed by atoms with Crippen LogP contribution in [0.4, 0.5) is 0 Å². The highest BCUT2D eigenvalue weighted by Gasteiger charge is 2.15. The van der Waals surface area contributed by atoms with Gasteiger partial charge >= 0.3 is 0 Å². The van der Waals surface area contributed by atoms with Crippen molar-refractivity contribution in [2.75, 3.05) is 26.9 Å². The number of benzene rings is 1. The third-order valence-corrected chi connectivity index (χ3v) is 3.25. The van der Waals surface area contributed by atoms with Crippen LogP contribution in [0.25, 0.3) is 0 Å². The Morgan fingerprint density at radius 1 is 1.33 bits per heavy atom. The fourth-order valence-electron chi connectivity index (χ4n) is 2.07. The first-order chi connectivity index (χ1) is 8.83. The van der Waals surface area contributed by atoms with Crippen molar-refractivity contribution in [2.24, 2.45) is 5.92 Å². The Balaban J connectivity index is 1.95. The van der Waals surface area contributed by atoms with Gasteiger partial charge in [-0.1, -0.05) is 0 Å². The van der Waals surface area contributed by atoms with Crippen LogP contribution in [0.2, 0.25) is 0 Å². The second-order valence-electron chi connectivity index (χ2n) is 4.50. The van der Waals surface area contributed by atoms with Gasteiger partial charge in [-0.3, -0.25) is 0 Å². The molecule has 2 rings (SSSR count). The Hall–Kier alpha value is -1.26. The van der Waals surface area contributed by atoms with Gasteiger partial charge in [-0.25, -0.2) is 0 Å². The van der Waals surface area contributed by atoms with Gasteiger partial charge in [-0.2, -0.15) is 0 Å². The third kappa shape index (κ3) is 3.37. The van der Waals surface area contributed by atoms with Gasteiger partial charge in [0.2, 0.25) is 0 Å². The molecule has 1 N–H and O–H groups in total. The lowest BCUT2D eigenvalue weighted by molar-refractivity contribution is 0.0494. The lowest BCUT2D eigenvalue weighted by atomic mass is 10.0. The van der Waals surface area contributed by atoms with Crippen molar-refractivity contribution in [1.29, 1.82) is 0 Å². The topological polar surface area (TPSA) is 47.9 Å². The maximum atomic E-state index is 9.32. The summed E-state index contributed by atoms with van der Waals surface area (Å²) < 4.78 is 16.2. The summed E-state index contributed by atoms with van der Waals surface area (Å²) >= 11 is 0. The number of aliphatic hydroxyl groups is 1. The van der Waals surface area contributed by atoms with Crippen LogP contribution in [0.15, 0.2) is 18.2 Å². The molecule has 0 saturated carbocycles. The highest BCUT2D eigenvalue weighted by Crippen LogP contribution is 2.25. The third-order valence-electron chi connectivity index (χ3n) is 3.25. The van der Waals surface area contributed by atoms with Crippen LogP contribution >= 0.6 is 0 Å². The van der Waals surface area contributed by atoms with Crippen LogP contribution < -0.4 is 9.47 Å². The SMILES string of the molecule is COc1ccc(OCC2CCOCC2)c(CO)c1. The molecular formula is C14H20O4. The van der Waals surface area contributed by atoms with E-state index in [2.05, 4.69) is 0 Å². The van der Waals surface area contributed by atoms with Crippen molar-refractivity contribution < 1.29 is 19.3 Å². The van der Waals surface area contributed by atoms with Gasteiger partial charge in [-0.15, -0.1) is 0 Å². The molecule has 0 aromatic heterocycles. The van der Waals surface area contributed by atoms with Crippen LogP contribution in [0.5, 0.6) is 11.5 Å². The molecule has 18 heavy (non-hydrogen) atoms. The first-order valence-electron chi connectivity index (χ1n) is 6.32. The van der Waals surface area contributed by atoms with E-state index >= 15 is 0 Å². The Morgan fingerprint density at radius 3 is 2.78 bits per heavy atom. The Bertz CT molecular complexity index is 372. The minimum Gasteiger partial charge on any atom is -0.497 e. The maximum Gasteiger partial charge on any atom is 0.125 e. The molecule has 0 amide bonds. The van der Waals surface area contributed by atoms with E-state index in [1.54, 1.807) is 13.2 Å². The highest BCUT2D eigenvalue weighted by atomic mass is 16.5. The van der Waals surface area contributed by atoms with Crippen molar-refractivity contribution in [2.45, 2.75) is 19.4 Å². The van der Waals surface area contributed by atoms with E-state index in [1.165, 1.54) is 0 Å². The van der Waals surface area contributed by atoms with Crippen LogP contribution in [-0.2, 0) is 11.3 Å². The molecule has 1 aromatic carbocycles. The summed E-state index contributed by atoms with van der Waals surface area (Å²) in [5.41, 5.74) is 0.765. The first-order valence-corrected chi connectivity index (χ1v) is 6.32. The number of rotatable bonds is 5. The van der Waals surface area contributed by atoms with Crippen LogP contribution in [0.1, 0.15) is 18.4 Å². The van der Waals surface area contributed by atoms with Crippen molar-refractivity contribution in [1.82, 2.24) is 0 Å². The van der Waals surface area contributed by atoms with E-state index < -0.39 is 0 Å². The molecule has 0 bridgehead atoms. The molecule has 0 spiro atoms. The number of hydrogen-bond acceptors (Lipinski definition) is 4. The van der Waals surface area contributed by atoms with Gasteiger partial charge in [0.05, 0.1) is 20.3 Å². The number of ether oxygens (including phenoxy) is 3. The number of hydrogen-bond donors (Lipinski definition) is 1. The van der Waals surface area contributed by atoms with Gasteiger partial charge in [0.15, 0.2) is 0 Å². The van der Waals surface area contributed by atoms with E-state index in [0.29, 0.717) is 12.5 Å². The largest absolute Gasteiger partial charge is 0.497 e. The predicted molar refractivity (Wildman–Crippen MR) is 68.0 cm³/mol.